The lowest BCUT2D eigenvalue weighted by atomic mass is 10.2. The number of thiophene rings is 1. The number of methoxy groups -OCH3 is 1. The Bertz CT molecular complexity index is 396. The zero-order valence-corrected chi connectivity index (χ0v) is 12.3. The Morgan fingerprint density at radius 1 is 1.56 bits per heavy atom. The molecule has 0 saturated carbocycles. The number of nitrogens with zero attached hydrogens (tertiary/aromatic N) is 1. The van der Waals surface area contributed by atoms with Crippen molar-refractivity contribution in [1.29, 1.82) is 0 Å². The Balaban J connectivity index is 2.61. The molecule has 1 aromatic heterocycles. The van der Waals surface area contributed by atoms with Crippen molar-refractivity contribution in [2.45, 2.75) is 33.4 Å². The van der Waals surface area contributed by atoms with Crippen molar-refractivity contribution in [3.05, 3.63) is 34.0 Å². The number of carbonyl (C=O) groups excluding carboxylic acids is 1. The van der Waals surface area contributed by atoms with E-state index in [2.05, 4.69) is 41.0 Å². The minimum Gasteiger partial charge on any atom is -0.466 e. The lowest BCUT2D eigenvalue weighted by Gasteiger charge is -2.24. The summed E-state index contributed by atoms with van der Waals surface area (Å²) in [4.78, 5) is 15.0. The van der Waals surface area contributed by atoms with E-state index in [0.717, 1.165) is 13.1 Å². The van der Waals surface area contributed by atoms with Crippen LogP contribution >= 0.6 is 11.3 Å². The Labute approximate surface area is 113 Å². The summed E-state index contributed by atoms with van der Waals surface area (Å²) >= 11 is 1.76. The van der Waals surface area contributed by atoms with Gasteiger partial charge in [0.15, 0.2) is 0 Å². The third-order valence-electron chi connectivity index (χ3n) is 2.81. The molecule has 3 nitrogen and oxygen atoms in total. The molecule has 0 spiro atoms. The second kappa shape index (κ2) is 7.34. The molecule has 0 bridgehead atoms. The fraction of sp³-hybridized carbons (Fsp3) is 0.500. The second-order valence-corrected chi connectivity index (χ2v) is 5.51. The number of ether oxygens (including phenoxy) is 1. The minimum absolute atomic E-state index is 0.255. The quantitative estimate of drug-likeness (QED) is 0.586. The Kier molecular flexibility index (Phi) is 6.09. The molecule has 0 unspecified atom stereocenters. The summed E-state index contributed by atoms with van der Waals surface area (Å²) in [6.07, 6.45) is 1.93. The normalized spacial score (nSPS) is 12.2. The molecule has 1 rings (SSSR count). The van der Waals surface area contributed by atoms with E-state index in [-0.39, 0.29) is 5.97 Å². The molecule has 0 aliphatic heterocycles. The first kappa shape index (κ1) is 14.9. The highest BCUT2D eigenvalue weighted by molar-refractivity contribution is 7.09. The molecule has 0 N–H and O–H groups in total. The highest BCUT2D eigenvalue weighted by Crippen LogP contribution is 2.14. The van der Waals surface area contributed by atoms with E-state index in [9.17, 15) is 4.79 Å². The molecule has 0 amide bonds. The van der Waals surface area contributed by atoms with Gasteiger partial charge in [-0.25, -0.2) is 4.79 Å². The smallest absolute Gasteiger partial charge is 0.333 e. The van der Waals surface area contributed by atoms with Gasteiger partial charge in [-0.15, -0.1) is 11.3 Å². The van der Waals surface area contributed by atoms with Crippen molar-refractivity contribution in [3.8, 4) is 0 Å². The third-order valence-corrected chi connectivity index (χ3v) is 3.67. The Morgan fingerprint density at radius 2 is 2.28 bits per heavy atom. The first-order valence-electron chi connectivity index (χ1n) is 6.06. The van der Waals surface area contributed by atoms with Crippen LogP contribution in [-0.4, -0.2) is 30.6 Å². The molecule has 0 fully saturated rings. The van der Waals surface area contributed by atoms with Crippen LogP contribution in [0.4, 0.5) is 0 Å². The molecule has 4 heteroatoms. The molecular weight excluding hydrogens is 246 g/mol. The zero-order valence-electron chi connectivity index (χ0n) is 11.5. The average molecular weight is 267 g/mol. The molecule has 0 aliphatic carbocycles. The summed E-state index contributed by atoms with van der Waals surface area (Å²) in [7, 11) is 1.41. The largest absolute Gasteiger partial charge is 0.466 e. The number of esters is 1. The van der Waals surface area contributed by atoms with Gasteiger partial charge in [-0.2, -0.15) is 0 Å². The number of carbonyl (C=O) groups is 1. The number of rotatable bonds is 6. The van der Waals surface area contributed by atoms with Crippen LogP contribution < -0.4 is 0 Å². The van der Waals surface area contributed by atoms with Gasteiger partial charge in [0.25, 0.3) is 0 Å². The predicted octanol–water partition coefficient (Wildman–Crippen LogP) is 3.08. The molecule has 1 heterocycles. The average Bonchev–Trinajstić information content (AvgIpc) is 2.85. The van der Waals surface area contributed by atoms with Crippen LogP contribution in [0.3, 0.4) is 0 Å². The maximum atomic E-state index is 11.3. The highest BCUT2D eigenvalue weighted by Gasteiger charge is 2.10. The van der Waals surface area contributed by atoms with Gasteiger partial charge in [0.2, 0.25) is 0 Å². The van der Waals surface area contributed by atoms with Crippen molar-refractivity contribution in [3.63, 3.8) is 0 Å². The first-order chi connectivity index (χ1) is 8.54. The van der Waals surface area contributed by atoms with E-state index >= 15 is 0 Å². The molecular formula is C14H21NO2S. The van der Waals surface area contributed by atoms with Crippen LogP contribution in [-0.2, 0) is 16.1 Å². The van der Waals surface area contributed by atoms with Crippen LogP contribution in [0.5, 0.6) is 0 Å². The number of hydrogen-bond acceptors (Lipinski definition) is 4. The molecule has 0 aliphatic rings. The van der Waals surface area contributed by atoms with Crippen molar-refractivity contribution < 1.29 is 9.53 Å². The van der Waals surface area contributed by atoms with Gasteiger partial charge in [0.1, 0.15) is 0 Å². The topological polar surface area (TPSA) is 29.5 Å². The summed E-state index contributed by atoms with van der Waals surface area (Å²) < 4.78 is 4.69. The minimum atomic E-state index is -0.255. The second-order valence-electron chi connectivity index (χ2n) is 4.48. The monoisotopic (exact) mass is 267 g/mol. The lowest BCUT2D eigenvalue weighted by Crippen LogP contribution is -2.30. The first-order valence-corrected chi connectivity index (χ1v) is 6.94. The maximum absolute atomic E-state index is 11.3. The van der Waals surface area contributed by atoms with E-state index in [1.807, 2.05) is 6.08 Å². The van der Waals surface area contributed by atoms with Gasteiger partial charge >= 0.3 is 5.97 Å². The van der Waals surface area contributed by atoms with Crippen LogP contribution in [0.15, 0.2) is 29.2 Å². The SMILES string of the molecule is COC(=O)C(C)=CCN(Cc1cccs1)C(C)C. The fourth-order valence-corrected chi connectivity index (χ4v) is 2.29. The van der Waals surface area contributed by atoms with Crippen LogP contribution in [0, 0.1) is 0 Å². The van der Waals surface area contributed by atoms with Gasteiger partial charge in [0.05, 0.1) is 7.11 Å². The summed E-state index contributed by atoms with van der Waals surface area (Å²) in [6, 6.07) is 4.64. The van der Waals surface area contributed by atoms with Gasteiger partial charge in [-0.05, 0) is 32.2 Å². The van der Waals surface area contributed by atoms with E-state index in [0.29, 0.717) is 11.6 Å². The summed E-state index contributed by atoms with van der Waals surface area (Å²) in [5, 5.41) is 2.09. The van der Waals surface area contributed by atoms with E-state index < -0.39 is 0 Å². The van der Waals surface area contributed by atoms with Gasteiger partial charge in [0, 0.05) is 29.6 Å². The summed E-state index contributed by atoms with van der Waals surface area (Å²) in [5.74, 6) is -0.255. The van der Waals surface area contributed by atoms with E-state index in [4.69, 9.17) is 0 Å². The van der Waals surface area contributed by atoms with Gasteiger partial charge in [-0.1, -0.05) is 12.1 Å². The molecule has 0 saturated heterocycles. The summed E-state index contributed by atoms with van der Waals surface area (Å²) in [5.41, 5.74) is 0.661. The maximum Gasteiger partial charge on any atom is 0.333 e. The molecule has 0 aromatic carbocycles. The molecule has 18 heavy (non-hydrogen) atoms. The Hall–Kier alpha value is -1.13. The van der Waals surface area contributed by atoms with Crippen LogP contribution in [0.2, 0.25) is 0 Å². The van der Waals surface area contributed by atoms with Crippen LogP contribution in [0.25, 0.3) is 0 Å². The molecule has 0 atom stereocenters. The van der Waals surface area contributed by atoms with Crippen molar-refractivity contribution >= 4 is 17.3 Å². The standard InChI is InChI=1S/C14H21NO2S/c1-11(2)15(10-13-6-5-9-18-13)8-7-12(3)14(16)17-4/h5-7,9,11H,8,10H2,1-4H3. The van der Waals surface area contributed by atoms with E-state index in [1.54, 1.807) is 18.3 Å². The summed E-state index contributed by atoms with van der Waals surface area (Å²) in [6.45, 7) is 7.79. The van der Waals surface area contributed by atoms with Crippen LogP contribution in [0.1, 0.15) is 25.6 Å². The van der Waals surface area contributed by atoms with Gasteiger partial charge in [-0.3, -0.25) is 4.90 Å². The highest BCUT2D eigenvalue weighted by atomic mass is 32.1. The third kappa shape index (κ3) is 4.63. The Morgan fingerprint density at radius 3 is 2.78 bits per heavy atom. The van der Waals surface area contributed by atoms with E-state index in [1.165, 1.54) is 12.0 Å². The molecule has 100 valence electrons. The van der Waals surface area contributed by atoms with Crippen molar-refractivity contribution in [2.75, 3.05) is 13.7 Å². The lowest BCUT2D eigenvalue weighted by molar-refractivity contribution is -0.136. The number of hydrogen-bond donors (Lipinski definition) is 0. The fourth-order valence-electron chi connectivity index (χ4n) is 1.56. The zero-order chi connectivity index (χ0) is 13.5. The molecule has 0 radical (unpaired) electrons. The van der Waals surface area contributed by atoms with Crippen molar-refractivity contribution in [2.24, 2.45) is 0 Å². The molecule has 1 aromatic rings. The van der Waals surface area contributed by atoms with Crippen molar-refractivity contribution in [1.82, 2.24) is 4.90 Å². The van der Waals surface area contributed by atoms with Gasteiger partial charge < -0.3 is 4.74 Å². The predicted molar refractivity (Wildman–Crippen MR) is 75.6 cm³/mol.